The van der Waals surface area contributed by atoms with Gasteiger partial charge in [0.15, 0.2) is 0 Å². The van der Waals surface area contributed by atoms with E-state index >= 15 is 0 Å². The summed E-state index contributed by atoms with van der Waals surface area (Å²) in [4.78, 5) is 12.8. The van der Waals surface area contributed by atoms with Gasteiger partial charge in [0, 0.05) is 13.1 Å². The summed E-state index contributed by atoms with van der Waals surface area (Å²) in [5, 5.41) is 13.0. The highest BCUT2D eigenvalue weighted by molar-refractivity contribution is 5.67. The molecule has 1 heterocycles. The maximum Gasteiger partial charge on any atom is 0.409 e. The van der Waals surface area contributed by atoms with E-state index in [1.807, 2.05) is 0 Å². The molecule has 0 spiro atoms. The van der Waals surface area contributed by atoms with Crippen LogP contribution in [-0.4, -0.2) is 55.5 Å². The molecule has 1 unspecified atom stereocenters. The van der Waals surface area contributed by atoms with E-state index in [0.29, 0.717) is 19.6 Å². The molecule has 0 aromatic heterocycles. The summed E-state index contributed by atoms with van der Waals surface area (Å²) in [6.07, 6.45) is 1.17. The lowest BCUT2D eigenvalue weighted by Gasteiger charge is -2.38. The molecule has 1 atom stereocenters. The molecule has 1 amide bonds. The van der Waals surface area contributed by atoms with Gasteiger partial charge in [-0.25, -0.2) is 4.79 Å². The maximum absolute atomic E-state index is 11.2. The molecule has 0 bridgehead atoms. The molecule has 1 rings (SSSR count). The Kier molecular flexibility index (Phi) is 3.71. The minimum atomic E-state index is -0.804. The predicted molar refractivity (Wildman–Crippen MR) is 52.1 cm³/mol. The van der Waals surface area contributed by atoms with E-state index in [0.717, 1.165) is 12.8 Å². The third-order valence-electron chi connectivity index (χ3n) is 2.49. The van der Waals surface area contributed by atoms with Gasteiger partial charge < -0.3 is 20.1 Å². The molecule has 5 nitrogen and oxygen atoms in total. The van der Waals surface area contributed by atoms with Crippen LogP contribution in [0.1, 0.15) is 12.8 Å². The average molecular weight is 202 g/mol. The number of methoxy groups -OCH3 is 1. The first-order valence-electron chi connectivity index (χ1n) is 4.81. The van der Waals surface area contributed by atoms with Crippen LogP contribution >= 0.6 is 0 Å². The Morgan fingerprint density at radius 3 is 3.00 bits per heavy atom. The van der Waals surface area contributed by atoms with E-state index in [2.05, 4.69) is 10.1 Å². The highest BCUT2D eigenvalue weighted by Crippen LogP contribution is 2.20. The van der Waals surface area contributed by atoms with Crippen molar-refractivity contribution < 1.29 is 14.6 Å². The van der Waals surface area contributed by atoms with Crippen molar-refractivity contribution in [3.05, 3.63) is 0 Å². The number of likely N-dealkylation sites (N-methyl/N-ethyl adjacent to an activating group) is 1. The average Bonchev–Trinajstić information content (AvgIpc) is 2.16. The third-order valence-corrected chi connectivity index (χ3v) is 2.49. The molecule has 0 aromatic carbocycles. The van der Waals surface area contributed by atoms with Gasteiger partial charge in [0.05, 0.1) is 19.3 Å². The molecule has 5 heteroatoms. The van der Waals surface area contributed by atoms with Crippen LogP contribution in [0.15, 0.2) is 0 Å². The number of nitrogens with zero attached hydrogens (tertiary/aromatic N) is 1. The van der Waals surface area contributed by atoms with Gasteiger partial charge in [-0.15, -0.1) is 0 Å². The number of ether oxygens (including phenoxy) is 1. The van der Waals surface area contributed by atoms with Gasteiger partial charge in [0.1, 0.15) is 0 Å². The summed E-state index contributed by atoms with van der Waals surface area (Å²) in [6.45, 7) is 1.51. The van der Waals surface area contributed by atoms with E-state index in [9.17, 15) is 9.90 Å². The van der Waals surface area contributed by atoms with Gasteiger partial charge >= 0.3 is 6.09 Å². The number of nitrogens with one attached hydrogen (secondary N) is 1. The van der Waals surface area contributed by atoms with E-state index < -0.39 is 5.60 Å². The predicted octanol–water partition coefficient (Wildman–Crippen LogP) is -0.201. The van der Waals surface area contributed by atoms with Crippen LogP contribution in [0.4, 0.5) is 4.79 Å². The van der Waals surface area contributed by atoms with Gasteiger partial charge in [-0.2, -0.15) is 0 Å². The van der Waals surface area contributed by atoms with Crippen molar-refractivity contribution in [2.75, 3.05) is 33.8 Å². The Morgan fingerprint density at radius 2 is 2.43 bits per heavy atom. The number of aliphatic hydroxyl groups is 1. The van der Waals surface area contributed by atoms with Crippen molar-refractivity contribution in [1.29, 1.82) is 0 Å². The topological polar surface area (TPSA) is 61.8 Å². The van der Waals surface area contributed by atoms with Gasteiger partial charge in [-0.3, -0.25) is 0 Å². The first kappa shape index (κ1) is 11.3. The Bertz CT molecular complexity index is 206. The molecule has 14 heavy (non-hydrogen) atoms. The number of piperidine rings is 1. The summed E-state index contributed by atoms with van der Waals surface area (Å²) in [5.74, 6) is 0. The second-order valence-corrected chi connectivity index (χ2v) is 3.75. The number of hydrogen-bond donors (Lipinski definition) is 2. The summed E-state index contributed by atoms with van der Waals surface area (Å²) in [6, 6.07) is 0. The lowest BCUT2D eigenvalue weighted by atomic mass is 9.93. The van der Waals surface area contributed by atoms with Crippen molar-refractivity contribution in [1.82, 2.24) is 10.2 Å². The van der Waals surface area contributed by atoms with Crippen LogP contribution < -0.4 is 5.32 Å². The van der Waals surface area contributed by atoms with Crippen LogP contribution in [0.5, 0.6) is 0 Å². The number of carbonyl (C=O) groups is 1. The summed E-state index contributed by atoms with van der Waals surface area (Å²) in [5.41, 5.74) is -0.804. The quantitative estimate of drug-likeness (QED) is 0.651. The molecule has 0 aromatic rings. The normalized spacial score (nSPS) is 27.5. The van der Waals surface area contributed by atoms with Gasteiger partial charge in [-0.1, -0.05) is 0 Å². The standard InChI is InChI=1S/C9H18N2O3/c1-10-6-9(13)4-3-5-11(7-9)8(12)14-2/h10,13H,3-7H2,1-2H3. The van der Waals surface area contributed by atoms with E-state index in [4.69, 9.17) is 0 Å². The first-order chi connectivity index (χ1) is 6.61. The van der Waals surface area contributed by atoms with Crippen molar-refractivity contribution in [3.63, 3.8) is 0 Å². The highest BCUT2D eigenvalue weighted by atomic mass is 16.5. The van der Waals surface area contributed by atoms with Crippen molar-refractivity contribution in [2.45, 2.75) is 18.4 Å². The fourth-order valence-electron chi connectivity index (χ4n) is 1.87. The zero-order valence-corrected chi connectivity index (χ0v) is 8.75. The number of rotatable bonds is 2. The van der Waals surface area contributed by atoms with Crippen molar-refractivity contribution in [3.8, 4) is 0 Å². The van der Waals surface area contributed by atoms with E-state index in [-0.39, 0.29) is 6.09 Å². The molecule has 1 saturated heterocycles. The smallest absolute Gasteiger partial charge is 0.409 e. The fraction of sp³-hybridized carbons (Fsp3) is 0.889. The van der Waals surface area contributed by atoms with Gasteiger partial charge in [0.2, 0.25) is 0 Å². The number of hydrogen-bond acceptors (Lipinski definition) is 4. The lowest BCUT2D eigenvalue weighted by molar-refractivity contribution is -0.0247. The Hall–Kier alpha value is -0.810. The molecular formula is C9H18N2O3. The second-order valence-electron chi connectivity index (χ2n) is 3.75. The molecule has 2 N–H and O–H groups in total. The van der Waals surface area contributed by atoms with Gasteiger partial charge in [0.25, 0.3) is 0 Å². The van der Waals surface area contributed by atoms with Crippen molar-refractivity contribution in [2.24, 2.45) is 0 Å². The fourth-order valence-corrected chi connectivity index (χ4v) is 1.87. The Labute approximate surface area is 84.0 Å². The highest BCUT2D eigenvalue weighted by Gasteiger charge is 2.34. The molecule has 0 radical (unpaired) electrons. The van der Waals surface area contributed by atoms with Crippen LogP contribution in [0.3, 0.4) is 0 Å². The molecular weight excluding hydrogens is 184 g/mol. The minimum absolute atomic E-state index is 0.348. The summed E-state index contributed by atoms with van der Waals surface area (Å²) < 4.78 is 4.62. The molecule has 1 fully saturated rings. The Balaban J connectivity index is 2.54. The van der Waals surface area contributed by atoms with Gasteiger partial charge in [-0.05, 0) is 19.9 Å². The monoisotopic (exact) mass is 202 g/mol. The summed E-state index contributed by atoms with van der Waals surface area (Å²) >= 11 is 0. The maximum atomic E-state index is 11.2. The van der Waals surface area contributed by atoms with Crippen LogP contribution in [0.2, 0.25) is 0 Å². The van der Waals surface area contributed by atoms with Crippen LogP contribution in [0.25, 0.3) is 0 Å². The van der Waals surface area contributed by atoms with Crippen molar-refractivity contribution >= 4 is 6.09 Å². The molecule has 0 aliphatic carbocycles. The molecule has 1 aliphatic rings. The number of β-amino-alcohol motifs (C(OH)–C–C–N with tert-alkyl or cyclic N) is 1. The number of carbonyl (C=O) groups excluding carboxylic acids is 1. The second kappa shape index (κ2) is 4.61. The minimum Gasteiger partial charge on any atom is -0.453 e. The van der Waals surface area contributed by atoms with E-state index in [1.165, 1.54) is 7.11 Å². The zero-order chi connectivity index (χ0) is 10.6. The number of amides is 1. The van der Waals surface area contributed by atoms with E-state index in [1.54, 1.807) is 11.9 Å². The third kappa shape index (κ3) is 2.59. The zero-order valence-electron chi connectivity index (χ0n) is 8.75. The van der Waals surface area contributed by atoms with Crippen LogP contribution in [-0.2, 0) is 4.74 Å². The Morgan fingerprint density at radius 1 is 1.71 bits per heavy atom. The molecule has 0 saturated carbocycles. The first-order valence-corrected chi connectivity index (χ1v) is 4.81. The largest absolute Gasteiger partial charge is 0.453 e. The SMILES string of the molecule is CNCC1(O)CCCN(C(=O)OC)C1. The molecule has 82 valence electrons. The lowest BCUT2D eigenvalue weighted by Crippen LogP contribution is -2.54. The molecule has 1 aliphatic heterocycles. The number of likely N-dealkylation sites (tertiary alicyclic amines) is 1. The van der Waals surface area contributed by atoms with Crippen LogP contribution in [0, 0.1) is 0 Å². The summed E-state index contributed by atoms with van der Waals surface area (Å²) in [7, 11) is 3.14.